The second kappa shape index (κ2) is 5.37. The van der Waals surface area contributed by atoms with E-state index in [0.29, 0.717) is 19.9 Å². The number of rotatable bonds is 4. The second-order valence-electron chi connectivity index (χ2n) is 6.20. The zero-order valence-electron chi connectivity index (χ0n) is 12.6. The van der Waals surface area contributed by atoms with Gasteiger partial charge in [0.15, 0.2) is 11.5 Å². The van der Waals surface area contributed by atoms with Gasteiger partial charge in [0.2, 0.25) is 6.79 Å². The summed E-state index contributed by atoms with van der Waals surface area (Å²) in [5.41, 5.74) is 2.12. The molecule has 0 saturated carbocycles. The Hall–Kier alpha value is -2.08. The van der Waals surface area contributed by atoms with E-state index in [4.69, 9.17) is 9.47 Å². The molecule has 0 unspecified atom stereocenters. The Kier molecular flexibility index (Phi) is 3.55. The minimum absolute atomic E-state index is 0.0705. The maximum atomic E-state index is 5.38. The van der Waals surface area contributed by atoms with Gasteiger partial charge in [0.25, 0.3) is 0 Å². The molecule has 6 nitrogen and oxygen atoms in total. The van der Waals surface area contributed by atoms with E-state index in [1.54, 1.807) is 0 Å². The normalized spacial score (nSPS) is 13.7. The summed E-state index contributed by atoms with van der Waals surface area (Å²) in [7, 11) is 0. The Labute approximate surface area is 124 Å². The van der Waals surface area contributed by atoms with E-state index < -0.39 is 0 Å². The molecule has 0 spiro atoms. The summed E-state index contributed by atoms with van der Waals surface area (Å²) in [6.07, 6.45) is 1.96. The largest absolute Gasteiger partial charge is 0.454 e. The van der Waals surface area contributed by atoms with Gasteiger partial charge in [0, 0.05) is 12.1 Å². The van der Waals surface area contributed by atoms with Crippen LogP contribution in [0, 0.1) is 0 Å². The highest BCUT2D eigenvalue weighted by atomic mass is 16.7. The van der Waals surface area contributed by atoms with Crippen LogP contribution in [0.25, 0.3) is 0 Å². The molecule has 2 aromatic rings. The lowest BCUT2D eigenvalue weighted by molar-refractivity contribution is 0.174. The zero-order valence-corrected chi connectivity index (χ0v) is 12.6. The smallest absolute Gasteiger partial charge is 0.231 e. The van der Waals surface area contributed by atoms with Crippen LogP contribution in [0.3, 0.4) is 0 Å². The van der Waals surface area contributed by atoms with Gasteiger partial charge < -0.3 is 14.8 Å². The lowest BCUT2D eigenvalue weighted by Crippen LogP contribution is -2.35. The van der Waals surface area contributed by atoms with Crippen LogP contribution < -0.4 is 14.8 Å². The number of fused-ring (bicyclic) bond motifs is 1. The molecule has 1 N–H and O–H groups in total. The molecule has 0 bridgehead atoms. The average molecular weight is 288 g/mol. The van der Waals surface area contributed by atoms with Crippen molar-refractivity contribution in [3.8, 4) is 11.5 Å². The fourth-order valence-corrected chi connectivity index (χ4v) is 2.08. The standard InChI is InChI=1S/C15H20N4O2/c1-15(2,3)16-7-12-9-19(18-17-12)8-11-4-5-13-14(6-11)21-10-20-13/h4-6,9,16H,7-8,10H2,1-3H3. The summed E-state index contributed by atoms with van der Waals surface area (Å²) in [5.74, 6) is 1.59. The van der Waals surface area contributed by atoms with E-state index in [1.807, 2.05) is 29.1 Å². The van der Waals surface area contributed by atoms with Crippen LogP contribution in [0.4, 0.5) is 0 Å². The first kappa shape index (κ1) is 13.9. The molecule has 0 radical (unpaired) electrons. The molecule has 1 aliphatic rings. The highest BCUT2D eigenvalue weighted by Crippen LogP contribution is 2.32. The van der Waals surface area contributed by atoms with Gasteiger partial charge in [0.1, 0.15) is 0 Å². The van der Waals surface area contributed by atoms with E-state index in [0.717, 1.165) is 22.8 Å². The Morgan fingerprint density at radius 2 is 2.05 bits per heavy atom. The lowest BCUT2D eigenvalue weighted by Gasteiger charge is -2.19. The van der Waals surface area contributed by atoms with Crippen molar-refractivity contribution in [1.29, 1.82) is 0 Å². The molecule has 1 aliphatic heterocycles. The second-order valence-corrected chi connectivity index (χ2v) is 6.20. The summed E-state index contributed by atoms with van der Waals surface area (Å²) >= 11 is 0. The van der Waals surface area contributed by atoms with E-state index in [2.05, 4.69) is 36.4 Å². The molecule has 0 amide bonds. The number of nitrogens with one attached hydrogen (secondary N) is 1. The molecule has 0 fully saturated rings. The summed E-state index contributed by atoms with van der Waals surface area (Å²) in [6, 6.07) is 5.93. The van der Waals surface area contributed by atoms with Crippen LogP contribution in [0.15, 0.2) is 24.4 Å². The Morgan fingerprint density at radius 3 is 2.86 bits per heavy atom. The lowest BCUT2D eigenvalue weighted by atomic mass is 10.1. The van der Waals surface area contributed by atoms with Crippen LogP contribution in [-0.2, 0) is 13.1 Å². The van der Waals surface area contributed by atoms with Gasteiger partial charge in [0.05, 0.1) is 18.4 Å². The molecule has 1 aromatic heterocycles. The quantitative estimate of drug-likeness (QED) is 0.931. The maximum Gasteiger partial charge on any atom is 0.231 e. The van der Waals surface area contributed by atoms with Gasteiger partial charge in [-0.1, -0.05) is 11.3 Å². The van der Waals surface area contributed by atoms with Gasteiger partial charge in [-0.3, -0.25) is 0 Å². The maximum absolute atomic E-state index is 5.38. The van der Waals surface area contributed by atoms with Gasteiger partial charge in [-0.2, -0.15) is 0 Å². The van der Waals surface area contributed by atoms with Gasteiger partial charge in [-0.15, -0.1) is 5.10 Å². The van der Waals surface area contributed by atoms with Crippen molar-refractivity contribution in [1.82, 2.24) is 20.3 Å². The van der Waals surface area contributed by atoms with Crippen molar-refractivity contribution in [3.63, 3.8) is 0 Å². The van der Waals surface area contributed by atoms with Crippen molar-refractivity contribution in [2.45, 2.75) is 39.4 Å². The minimum Gasteiger partial charge on any atom is -0.454 e. The number of benzene rings is 1. The highest BCUT2D eigenvalue weighted by Gasteiger charge is 2.14. The first-order valence-corrected chi connectivity index (χ1v) is 7.02. The number of hydrogen-bond donors (Lipinski definition) is 1. The van der Waals surface area contributed by atoms with Gasteiger partial charge >= 0.3 is 0 Å². The zero-order chi connectivity index (χ0) is 14.9. The highest BCUT2D eigenvalue weighted by molar-refractivity contribution is 5.44. The van der Waals surface area contributed by atoms with Gasteiger partial charge in [-0.05, 0) is 38.5 Å². The third-order valence-corrected chi connectivity index (χ3v) is 3.17. The van der Waals surface area contributed by atoms with Crippen molar-refractivity contribution in [2.24, 2.45) is 0 Å². The summed E-state index contributed by atoms with van der Waals surface area (Å²) in [6.45, 7) is 8.06. The first-order valence-electron chi connectivity index (χ1n) is 7.02. The number of hydrogen-bond acceptors (Lipinski definition) is 5. The summed E-state index contributed by atoms with van der Waals surface area (Å²) in [4.78, 5) is 0. The van der Waals surface area contributed by atoms with E-state index >= 15 is 0 Å². The molecule has 0 saturated heterocycles. The van der Waals surface area contributed by atoms with E-state index in [-0.39, 0.29) is 5.54 Å². The van der Waals surface area contributed by atoms with E-state index in [9.17, 15) is 0 Å². The molecular formula is C15H20N4O2. The molecule has 2 heterocycles. The fraction of sp³-hybridized carbons (Fsp3) is 0.467. The molecule has 112 valence electrons. The third-order valence-electron chi connectivity index (χ3n) is 3.17. The number of aromatic nitrogens is 3. The van der Waals surface area contributed by atoms with Crippen molar-refractivity contribution in [3.05, 3.63) is 35.7 Å². The third kappa shape index (κ3) is 3.52. The Bertz CT molecular complexity index is 631. The van der Waals surface area contributed by atoms with Crippen molar-refractivity contribution >= 4 is 0 Å². The SMILES string of the molecule is CC(C)(C)NCc1cn(Cc2ccc3c(c2)OCO3)nn1. The first-order chi connectivity index (χ1) is 9.99. The van der Waals surface area contributed by atoms with Gasteiger partial charge in [-0.25, -0.2) is 4.68 Å². The fourth-order valence-electron chi connectivity index (χ4n) is 2.08. The molecule has 21 heavy (non-hydrogen) atoms. The van der Waals surface area contributed by atoms with Crippen LogP contribution in [0.2, 0.25) is 0 Å². The molecule has 0 atom stereocenters. The average Bonchev–Trinajstić information content (AvgIpc) is 3.04. The molecule has 6 heteroatoms. The molecule has 0 aliphatic carbocycles. The molecular weight excluding hydrogens is 268 g/mol. The molecule has 3 rings (SSSR count). The predicted molar refractivity (Wildman–Crippen MR) is 78.3 cm³/mol. The summed E-state index contributed by atoms with van der Waals surface area (Å²) < 4.78 is 12.5. The van der Waals surface area contributed by atoms with Crippen LogP contribution >= 0.6 is 0 Å². The number of ether oxygens (including phenoxy) is 2. The van der Waals surface area contributed by atoms with Crippen molar-refractivity contribution in [2.75, 3.05) is 6.79 Å². The van der Waals surface area contributed by atoms with E-state index in [1.165, 1.54) is 0 Å². The monoisotopic (exact) mass is 288 g/mol. The predicted octanol–water partition coefficient (Wildman–Crippen LogP) is 1.94. The van der Waals surface area contributed by atoms with Crippen LogP contribution in [0.1, 0.15) is 32.0 Å². The van der Waals surface area contributed by atoms with Crippen molar-refractivity contribution < 1.29 is 9.47 Å². The number of nitrogens with zero attached hydrogens (tertiary/aromatic N) is 3. The Balaban J connectivity index is 1.64. The summed E-state index contributed by atoms with van der Waals surface area (Å²) in [5, 5.41) is 11.7. The molecule has 1 aromatic carbocycles. The van der Waals surface area contributed by atoms with Crippen LogP contribution in [-0.4, -0.2) is 27.3 Å². The topological polar surface area (TPSA) is 61.2 Å². The minimum atomic E-state index is 0.0705. The van der Waals surface area contributed by atoms with Crippen LogP contribution in [0.5, 0.6) is 11.5 Å². The Morgan fingerprint density at radius 1 is 1.24 bits per heavy atom.